The van der Waals surface area contributed by atoms with Gasteiger partial charge in [-0.05, 0) is 73.2 Å². The zero-order valence-corrected chi connectivity index (χ0v) is 15.6. The lowest BCUT2D eigenvalue weighted by Gasteiger charge is -2.36. The Kier molecular flexibility index (Phi) is 4.89. The summed E-state index contributed by atoms with van der Waals surface area (Å²) >= 11 is 0. The summed E-state index contributed by atoms with van der Waals surface area (Å²) < 4.78 is 38.6. The molecule has 0 aromatic heterocycles. The predicted molar refractivity (Wildman–Crippen MR) is 103 cm³/mol. The molecule has 1 heterocycles. The summed E-state index contributed by atoms with van der Waals surface area (Å²) in [5.74, 6) is 0. The van der Waals surface area contributed by atoms with Crippen molar-refractivity contribution in [2.45, 2.75) is 31.9 Å². The normalized spacial score (nSPS) is 18.4. The van der Waals surface area contributed by atoms with Crippen LogP contribution in [0.4, 0.5) is 18.9 Å². The lowest BCUT2D eigenvalue weighted by Crippen LogP contribution is -2.45. The van der Waals surface area contributed by atoms with Crippen LogP contribution in [0.1, 0.15) is 29.5 Å². The molecule has 0 N–H and O–H groups in total. The number of fused-ring (bicyclic) bond motifs is 1. The molecule has 4 rings (SSSR count). The van der Waals surface area contributed by atoms with Crippen molar-refractivity contribution >= 4 is 5.69 Å². The first-order valence-corrected chi connectivity index (χ1v) is 9.69. The lowest BCUT2D eigenvalue weighted by molar-refractivity contribution is -0.137. The summed E-state index contributed by atoms with van der Waals surface area (Å²) in [7, 11) is 2.14. The first-order chi connectivity index (χ1) is 12.9. The standard InChI is InChI=1S/C22H25F3N2/c1-26-10-12-27(13-11-26)21-15-18(14-17-4-2-3-5-20(17)21)16-6-8-19(9-7-16)22(23,24)25/h6-9,14-15H,2-5,10-13H2,1H3. The predicted octanol–water partition coefficient (Wildman–Crippen LogP) is 5.00. The van der Waals surface area contributed by atoms with Gasteiger partial charge in [-0.1, -0.05) is 18.2 Å². The fourth-order valence-corrected chi connectivity index (χ4v) is 4.19. The zero-order chi connectivity index (χ0) is 19.0. The van der Waals surface area contributed by atoms with Crippen LogP contribution in [0.15, 0.2) is 36.4 Å². The van der Waals surface area contributed by atoms with Crippen LogP contribution in [0.2, 0.25) is 0 Å². The highest BCUT2D eigenvalue weighted by atomic mass is 19.4. The maximum atomic E-state index is 12.9. The van der Waals surface area contributed by atoms with E-state index >= 15 is 0 Å². The quantitative estimate of drug-likeness (QED) is 0.730. The summed E-state index contributed by atoms with van der Waals surface area (Å²) in [6.45, 7) is 4.08. The number of benzene rings is 2. The van der Waals surface area contributed by atoms with Gasteiger partial charge in [-0.3, -0.25) is 0 Å². The molecular weight excluding hydrogens is 349 g/mol. The largest absolute Gasteiger partial charge is 0.416 e. The number of hydrogen-bond donors (Lipinski definition) is 0. The molecule has 0 unspecified atom stereocenters. The minimum Gasteiger partial charge on any atom is -0.369 e. The first kappa shape index (κ1) is 18.4. The molecule has 2 aliphatic rings. The van der Waals surface area contributed by atoms with Crippen molar-refractivity contribution in [3.05, 3.63) is 53.1 Å². The van der Waals surface area contributed by atoms with Gasteiger partial charge < -0.3 is 9.80 Å². The van der Waals surface area contributed by atoms with Gasteiger partial charge in [-0.2, -0.15) is 13.2 Å². The third-order valence-corrected chi connectivity index (χ3v) is 5.83. The van der Waals surface area contributed by atoms with Crippen molar-refractivity contribution in [3.8, 4) is 11.1 Å². The summed E-state index contributed by atoms with van der Waals surface area (Å²) in [6, 6.07) is 9.95. The second-order valence-electron chi connectivity index (χ2n) is 7.71. The number of rotatable bonds is 2. The van der Waals surface area contributed by atoms with Crippen LogP contribution in [-0.4, -0.2) is 38.1 Å². The molecule has 1 fully saturated rings. The van der Waals surface area contributed by atoms with E-state index in [2.05, 4.69) is 29.0 Å². The second-order valence-corrected chi connectivity index (χ2v) is 7.71. The topological polar surface area (TPSA) is 6.48 Å². The molecule has 1 aliphatic carbocycles. The van der Waals surface area contributed by atoms with Crippen molar-refractivity contribution in [2.24, 2.45) is 0 Å². The molecule has 1 aliphatic heterocycles. The molecular formula is C22H25F3N2. The lowest BCUT2D eigenvalue weighted by atomic mass is 9.87. The van der Waals surface area contributed by atoms with Gasteiger partial charge in [-0.15, -0.1) is 0 Å². The van der Waals surface area contributed by atoms with E-state index in [0.29, 0.717) is 0 Å². The molecule has 0 bridgehead atoms. The van der Waals surface area contributed by atoms with Gasteiger partial charge in [0.2, 0.25) is 0 Å². The van der Waals surface area contributed by atoms with E-state index in [-0.39, 0.29) is 0 Å². The number of hydrogen-bond acceptors (Lipinski definition) is 2. The monoisotopic (exact) mass is 374 g/mol. The maximum Gasteiger partial charge on any atom is 0.416 e. The average molecular weight is 374 g/mol. The highest BCUT2D eigenvalue weighted by Crippen LogP contribution is 2.37. The molecule has 2 nitrogen and oxygen atoms in total. The molecule has 1 saturated heterocycles. The minimum absolute atomic E-state index is 0.594. The van der Waals surface area contributed by atoms with E-state index in [9.17, 15) is 13.2 Å². The number of anilines is 1. The van der Waals surface area contributed by atoms with Crippen molar-refractivity contribution in [1.29, 1.82) is 0 Å². The Hall–Kier alpha value is -2.01. The third-order valence-electron chi connectivity index (χ3n) is 5.83. The molecule has 2 aromatic carbocycles. The molecule has 144 valence electrons. The van der Waals surface area contributed by atoms with Crippen molar-refractivity contribution in [2.75, 3.05) is 38.1 Å². The van der Waals surface area contributed by atoms with E-state index in [0.717, 1.165) is 50.1 Å². The summed E-state index contributed by atoms with van der Waals surface area (Å²) in [6.07, 6.45) is 0.271. The van der Waals surface area contributed by atoms with Crippen LogP contribution < -0.4 is 4.90 Å². The van der Waals surface area contributed by atoms with Crippen molar-refractivity contribution in [1.82, 2.24) is 4.90 Å². The highest BCUT2D eigenvalue weighted by molar-refractivity contribution is 5.73. The number of aryl methyl sites for hydroxylation is 1. The fraction of sp³-hybridized carbons (Fsp3) is 0.455. The second kappa shape index (κ2) is 7.19. The van der Waals surface area contributed by atoms with Gasteiger partial charge >= 0.3 is 6.18 Å². The van der Waals surface area contributed by atoms with E-state index < -0.39 is 11.7 Å². The molecule has 0 atom stereocenters. The van der Waals surface area contributed by atoms with Gasteiger partial charge in [-0.25, -0.2) is 0 Å². The Balaban J connectivity index is 1.72. The van der Waals surface area contributed by atoms with E-state index in [1.807, 2.05) is 0 Å². The maximum absolute atomic E-state index is 12.9. The Bertz CT molecular complexity index is 804. The Morgan fingerprint density at radius 2 is 1.48 bits per heavy atom. The smallest absolute Gasteiger partial charge is 0.369 e. The SMILES string of the molecule is CN1CCN(c2cc(-c3ccc(C(F)(F)F)cc3)cc3c2CCCC3)CC1. The van der Waals surface area contributed by atoms with E-state index in [1.165, 1.54) is 41.8 Å². The van der Waals surface area contributed by atoms with Gasteiger partial charge in [0.15, 0.2) is 0 Å². The zero-order valence-electron chi connectivity index (χ0n) is 15.6. The van der Waals surface area contributed by atoms with Crippen LogP contribution in [0.25, 0.3) is 11.1 Å². The van der Waals surface area contributed by atoms with E-state index in [1.54, 1.807) is 12.1 Å². The molecule has 2 aromatic rings. The number of alkyl halides is 3. The Morgan fingerprint density at radius 1 is 0.815 bits per heavy atom. The molecule has 0 spiro atoms. The van der Waals surface area contributed by atoms with Crippen molar-refractivity contribution < 1.29 is 13.2 Å². The van der Waals surface area contributed by atoms with Gasteiger partial charge in [0, 0.05) is 31.9 Å². The van der Waals surface area contributed by atoms with Gasteiger partial charge in [0.1, 0.15) is 0 Å². The van der Waals surface area contributed by atoms with Crippen LogP contribution in [0.5, 0.6) is 0 Å². The molecule has 5 heteroatoms. The van der Waals surface area contributed by atoms with Crippen LogP contribution in [0, 0.1) is 0 Å². The van der Waals surface area contributed by atoms with Gasteiger partial charge in [0.25, 0.3) is 0 Å². The van der Waals surface area contributed by atoms with Crippen LogP contribution >= 0.6 is 0 Å². The summed E-state index contributed by atoms with van der Waals surface area (Å²) in [5.41, 5.74) is 5.39. The number of likely N-dealkylation sites (N-methyl/N-ethyl adjacent to an activating group) is 1. The number of nitrogens with zero attached hydrogens (tertiary/aromatic N) is 2. The minimum atomic E-state index is -4.29. The molecule has 27 heavy (non-hydrogen) atoms. The number of halogens is 3. The summed E-state index contributed by atoms with van der Waals surface area (Å²) in [5, 5.41) is 0. The van der Waals surface area contributed by atoms with Gasteiger partial charge in [0.05, 0.1) is 5.56 Å². The average Bonchev–Trinajstić information content (AvgIpc) is 2.67. The molecule has 0 radical (unpaired) electrons. The van der Waals surface area contributed by atoms with Crippen LogP contribution in [-0.2, 0) is 19.0 Å². The highest BCUT2D eigenvalue weighted by Gasteiger charge is 2.30. The summed E-state index contributed by atoms with van der Waals surface area (Å²) in [4.78, 5) is 4.79. The Morgan fingerprint density at radius 3 is 2.15 bits per heavy atom. The Labute approximate surface area is 158 Å². The molecule has 0 saturated carbocycles. The first-order valence-electron chi connectivity index (χ1n) is 9.69. The number of piperazine rings is 1. The van der Waals surface area contributed by atoms with Crippen molar-refractivity contribution in [3.63, 3.8) is 0 Å². The van der Waals surface area contributed by atoms with E-state index in [4.69, 9.17) is 0 Å². The third kappa shape index (κ3) is 3.84. The van der Waals surface area contributed by atoms with Crippen LogP contribution in [0.3, 0.4) is 0 Å². The fourth-order valence-electron chi connectivity index (χ4n) is 4.19. The molecule has 0 amide bonds.